The van der Waals surface area contributed by atoms with E-state index in [1.807, 2.05) is 19.1 Å². The Morgan fingerprint density at radius 2 is 2.12 bits per heavy atom. The summed E-state index contributed by atoms with van der Waals surface area (Å²) < 4.78 is 0. The van der Waals surface area contributed by atoms with E-state index < -0.39 is 0 Å². The van der Waals surface area contributed by atoms with Crippen LogP contribution in [0.4, 0.5) is 5.69 Å². The molecule has 1 aromatic rings. The molecule has 0 radical (unpaired) electrons. The Morgan fingerprint density at radius 1 is 1.41 bits per heavy atom. The Kier molecular flexibility index (Phi) is 3.67. The predicted molar refractivity (Wildman–Crippen MR) is 69.9 cm³/mol. The van der Waals surface area contributed by atoms with Gasteiger partial charge in [-0.1, -0.05) is 24.5 Å². The van der Waals surface area contributed by atoms with Crippen molar-refractivity contribution in [3.05, 3.63) is 29.3 Å². The lowest BCUT2D eigenvalue weighted by atomic mass is 10.1. The molecule has 0 saturated heterocycles. The van der Waals surface area contributed by atoms with Gasteiger partial charge in [0.25, 0.3) is 5.91 Å². The third-order valence-corrected chi connectivity index (χ3v) is 3.48. The van der Waals surface area contributed by atoms with Gasteiger partial charge in [0, 0.05) is 12.2 Å². The number of rotatable bonds is 3. The van der Waals surface area contributed by atoms with Gasteiger partial charge in [0.2, 0.25) is 0 Å². The first-order chi connectivity index (χ1) is 8.16. The lowest BCUT2D eigenvalue weighted by Gasteiger charge is -2.12. The Bertz CT molecular complexity index is 409. The van der Waals surface area contributed by atoms with Crippen LogP contribution >= 0.6 is 0 Å². The van der Waals surface area contributed by atoms with E-state index in [0.717, 1.165) is 12.1 Å². The highest BCUT2D eigenvalue weighted by atomic mass is 16.1. The van der Waals surface area contributed by atoms with Crippen LogP contribution in [0.3, 0.4) is 0 Å². The molecule has 1 aliphatic rings. The first-order valence-electron chi connectivity index (χ1n) is 6.31. The van der Waals surface area contributed by atoms with Crippen molar-refractivity contribution < 1.29 is 4.79 Å². The predicted octanol–water partition coefficient (Wildman–Crippen LogP) is 2.50. The standard InChI is InChI=1S/C14H20N2O/c1-10-6-7-13(15)12(8-10)14(17)16-9-11-4-2-3-5-11/h6-8,11H,2-5,9,15H2,1H3,(H,16,17). The lowest BCUT2D eigenvalue weighted by Crippen LogP contribution is -2.29. The number of carbonyl (C=O) groups excluding carboxylic acids is 1. The number of carbonyl (C=O) groups is 1. The molecule has 0 aliphatic heterocycles. The SMILES string of the molecule is Cc1ccc(N)c(C(=O)NCC2CCCC2)c1. The molecule has 1 aliphatic carbocycles. The molecular formula is C14H20N2O. The van der Waals surface area contributed by atoms with E-state index in [4.69, 9.17) is 5.73 Å². The largest absolute Gasteiger partial charge is 0.398 e. The van der Waals surface area contributed by atoms with Gasteiger partial charge >= 0.3 is 0 Å². The number of hydrogen-bond donors (Lipinski definition) is 2. The molecule has 0 heterocycles. The van der Waals surface area contributed by atoms with Gasteiger partial charge in [-0.3, -0.25) is 4.79 Å². The topological polar surface area (TPSA) is 55.1 Å². The second-order valence-electron chi connectivity index (χ2n) is 4.95. The molecule has 92 valence electrons. The molecule has 0 atom stereocenters. The molecule has 0 spiro atoms. The average molecular weight is 232 g/mol. The van der Waals surface area contributed by atoms with Gasteiger partial charge in [-0.25, -0.2) is 0 Å². The summed E-state index contributed by atoms with van der Waals surface area (Å²) in [6.45, 7) is 2.75. The smallest absolute Gasteiger partial charge is 0.253 e. The van der Waals surface area contributed by atoms with Gasteiger partial charge in [-0.2, -0.15) is 0 Å². The Morgan fingerprint density at radius 3 is 2.82 bits per heavy atom. The van der Waals surface area contributed by atoms with Crippen LogP contribution in [0.5, 0.6) is 0 Å². The van der Waals surface area contributed by atoms with E-state index in [9.17, 15) is 4.79 Å². The molecule has 17 heavy (non-hydrogen) atoms. The second kappa shape index (κ2) is 5.21. The molecule has 3 N–H and O–H groups in total. The number of nitrogens with one attached hydrogen (secondary N) is 1. The van der Waals surface area contributed by atoms with Crippen molar-refractivity contribution >= 4 is 11.6 Å². The second-order valence-corrected chi connectivity index (χ2v) is 4.95. The van der Waals surface area contributed by atoms with Crippen molar-refractivity contribution in [1.29, 1.82) is 0 Å². The minimum atomic E-state index is -0.0434. The summed E-state index contributed by atoms with van der Waals surface area (Å²) in [4.78, 5) is 12.0. The summed E-state index contributed by atoms with van der Waals surface area (Å²) in [5.74, 6) is 0.614. The van der Waals surface area contributed by atoms with Crippen molar-refractivity contribution in [3.8, 4) is 0 Å². The minimum Gasteiger partial charge on any atom is -0.398 e. The van der Waals surface area contributed by atoms with Crippen molar-refractivity contribution in [2.45, 2.75) is 32.6 Å². The zero-order valence-electron chi connectivity index (χ0n) is 10.3. The normalized spacial score (nSPS) is 16.1. The summed E-state index contributed by atoms with van der Waals surface area (Å²) in [6, 6.07) is 5.56. The zero-order chi connectivity index (χ0) is 12.3. The van der Waals surface area contributed by atoms with E-state index in [1.165, 1.54) is 25.7 Å². The van der Waals surface area contributed by atoms with Gasteiger partial charge in [-0.15, -0.1) is 0 Å². The van der Waals surface area contributed by atoms with Gasteiger partial charge in [0.1, 0.15) is 0 Å². The summed E-state index contributed by atoms with van der Waals surface area (Å²) in [6.07, 6.45) is 5.08. The Balaban J connectivity index is 1.96. The Labute approximate surface area is 102 Å². The Hall–Kier alpha value is -1.51. The summed E-state index contributed by atoms with van der Waals surface area (Å²) in [7, 11) is 0. The highest BCUT2D eigenvalue weighted by Crippen LogP contribution is 2.24. The molecule has 1 saturated carbocycles. The maximum absolute atomic E-state index is 12.0. The molecule has 3 heteroatoms. The maximum atomic E-state index is 12.0. The number of hydrogen-bond acceptors (Lipinski definition) is 2. The van der Waals surface area contributed by atoms with Crippen LogP contribution in [0, 0.1) is 12.8 Å². The third-order valence-electron chi connectivity index (χ3n) is 3.48. The molecule has 2 rings (SSSR count). The quantitative estimate of drug-likeness (QED) is 0.787. The van der Waals surface area contributed by atoms with Crippen LogP contribution in [0.2, 0.25) is 0 Å². The van der Waals surface area contributed by atoms with E-state index in [1.54, 1.807) is 6.07 Å². The van der Waals surface area contributed by atoms with Gasteiger partial charge in [0.05, 0.1) is 5.56 Å². The van der Waals surface area contributed by atoms with Crippen LogP contribution < -0.4 is 11.1 Å². The first kappa shape index (κ1) is 12.0. The van der Waals surface area contributed by atoms with Gasteiger partial charge in [-0.05, 0) is 37.8 Å². The molecule has 0 aromatic heterocycles. The molecule has 0 unspecified atom stereocenters. The third kappa shape index (κ3) is 2.99. The lowest BCUT2D eigenvalue weighted by molar-refractivity contribution is 0.0948. The van der Waals surface area contributed by atoms with E-state index in [-0.39, 0.29) is 5.91 Å². The van der Waals surface area contributed by atoms with Gasteiger partial charge in [0.15, 0.2) is 0 Å². The van der Waals surface area contributed by atoms with Crippen LogP contribution in [-0.2, 0) is 0 Å². The molecule has 1 aromatic carbocycles. The monoisotopic (exact) mass is 232 g/mol. The summed E-state index contributed by atoms with van der Waals surface area (Å²) in [5.41, 5.74) is 8.03. The molecule has 1 fully saturated rings. The maximum Gasteiger partial charge on any atom is 0.253 e. The van der Waals surface area contributed by atoms with Crippen molar-refractivity contribution in [2.24, 2.45) is 5.92 Å². The van der Waals surface area contributed by atoms with E-state index in [2.05, 4.69) is 5.32 Å². The molecule has 3 nitrogen and oxygen atoms in total. The van der Waals surface area contributed by atoms with Crippen LogP contribution in [0.1, 0.15) is 41.6 Å². The number of benzene rings is 1. The van der Waals surface area contributed by atoms with E-state index in [0.29, 0.717) is 17.2 Å². The number of nitrogen functional groups attached to an aromatic ring is 1. The van der Waals surface area contributed by atoms with E-state index >= 15 is 0 Å². The number of amides is 1. The first-order valence-corrected chi connectivity index (χ1v) is 6.31. The number of nitrogens with two attached hydrogens (primary N) is 1. The zero-order valence-corrected chi connectivity index (χ0v) is 10.3. The highest BCUT2D eigenvalue weighted by molar-refractivity contribution is 5.99. The van der Waals surface area contributed by atoms with Crippen LogP contribution in [0.25, 0.3) is 0 Å². The van der Waals surface area contributed by atoms with Gasteiger partial charge < -0.3 is 11.1 Å². The van der Waals surface area contributed by atoms with Crippen LogP contribution in [0.15, 0.2) is 18.2 Å². The van der Waals surface area contributed by atoms with Crippen molar-refractivity contribution in [3.63, 3.8) is 0 Å². The number of aryl methyl sites for hydroxylation is 1. The number of anilines is 1. The van der Waals surface area contributed by atoms with Crippen LogP contribution in [-0.4, -0.2) is 12.5 Å². The molecule has 1 amide bonds. The molecular weight excluding hydrogens is 212 g/mol. The fraction of sp³-hybridized carbons (Fsp3) is 0.500. The summed E-state index contributed by atoms with van der Waals surface area (Å²) >= 11 is 0. The molecule has 0 bridgehead atoms. The van der Waals surface area contributed by atoms with Crippen molar-refractivity contribution in [1.82, 2.24) is 5.32 Å². The average Bonchev–Trinajstić information content (AvgIpc) is 2.82. The fourth-order valence-corrected chi connectivity index (χ4v) is 2.41. The summed E-state index contributed by atoms with van der Waals surface area (Å²) in [5, 5.41) is 2.99. The minimum absolute atomic E-state index is 0.0434. The highest BCUT2D eigenvalue weighted by Gasteiger charge is 2.17. The fourth-order valence-electron chi connectivity index (χ4n) is 2.41. The van der Waals surface area contributed by atoms with Crippen molar-refractivity contribution in [2.75, 3.05) is 12.3 Å².